The molecule has 0 radical (unpaired) electrons. The van der Waals surface area contributed by atoms with Crippen molar-refractivity contribution in [3.8, 4) is 0 Å². The summed E-state index contributed by atoms with van der Waals surface area (Å²) >= 11 is 0. The van der Waals surface area contributed by atoms with E-state index in [0.717, 1.165) is 63.7 Å². The highest BCUT2D eigenvalue weighted by Gasteiger charge is 2.22. The Morgan fingerprint density at radius 1 is 0.515 bits per heavy atom. The van der Waals surface area contributed by atoms with Gasteiger partial charge in [0.2, 0.25) is 0 Å². The quantitative estimate of drug-likeness (QED) is 0.0146. The molecule has 0 aromatic heterocycles. The molecule has 0 bridgehead atoms. The normalized spacial score (nSPS) is 12.9. The Morgan fingerprint density at radius 2 is 0.956 bits per heavy atom. The topological polar surface area (TPSA) is 126 Å². The van der Waals surface area contributed by atoms with Crippen molar-refractivity contribution < 1.29 is 42.9 Å². The first-order valence-electron chi connectivity index (χ1n) is 27.1. The second-order valence-corrected chi connectivity index (χ2v) is 19.2. The third-order valence-electron chi connectivity index (χ3n) is 11.8. The van der Waals surface area contributed by atoms with Gasteiger partial charge in [0.15, 0.2) is 11.6 Å². The minimum Gasteiger partial charge on any atom is -0.490 e. The fraction of sp³-hybridized carbons (Fsp3) is 0.793. The Hall–Kier alpha value is -3.49. The SMILES string of the molecule is C=C=C(CC(CC(=O)C=C)CC(=O)OCCCCCCCC)OCCCCCCCC.C=CC(=O)C[C@H](CC)C[C@H](CC)OC(=O)CC(C)CC(=O)OCCCCCC.CCCC(C)CN(C)C. The number of esters is 3. The van der Waals surface area contributed by atoms with E-state index in [1.165, 1.54) is 82.9 Å². The van der Waals surface area contributed by atoms with Gasteiger partial charge < -0.3 is 23.8 Å². The zero-order valence-corrected chi connectivity index (χ0v) is 45.7. The molecule has 396 valence electrons. The van der Waals surface area contributed by atoms with Crippen molar-refractivity contribution in [3.05, 3.63) is 43.4 Å². The van der Waals surface area contributed by atoms with E-state index in [9.17, 15) is 24.0 Å². The number of carbonyl (C=O) groups excluding carboxylic acids is 5. The molecule has 0 aromatic carbocycles. The van der Waals surface area contributed by atoms with E-state index in [4.69, 9.17) is 18.9 Å². The zero-order valence-electron chi connectivity index (χ0n) is 45.7. The molecule has 0 spiro atoms. The predicted molar refractivity (Wildman–Crippen MR) is 283 cm³/mol. The maximum Gasteiger partial charge on any atom is 0.306 e. The molecule has 0 amide bonds. The summed E-state index contributed by atoms with van der Waals surface area (Å²) in [6.45, 7) is 30.5. The molecule has 5 atom stereocenters. The van der Waals surface area contributed by atoms with Gasteiger partial charge in [0.25, 0.3) is 0 Å². The average molecular weight is 960 g/mol. The van der Waals surface area contributed by atoms with Crippen LogP contribution in [0.2, 0.25) is 0 Å². The van der Waals surface area contributed by atoms with E-state index in [1.54, 1.807) is 0 Å². The van der Waals surface area contributed by atoms with Crippen LogP contribution in [0.5, 0.6) is 0 Å². The Kier molecular flexibility index (Phi) is 50.5. The van der Waals surface area contributed by atoms with E-state index in [0.29, 0.717) is 51.3 Å². The lowest BCUT2D eigenvalue weighted by Gasteiger charge is -2.22. The van der Waals surface area contributed by atoms with Crippen LogP contribution in [0.4, 0.5) is 0 Å². The van der Waals surface area contributed by atoms with Gasteiger partial charge in [0.05, 0.1) is 19.8 Å². The summed E-state index contributed by atoms with van der Waals surface area (Å²) in [7, 11) is 4.26. The van der Waals surface area contributed by atoms with Gasteiger partial charge in [-0.1, -0.05) is 177 Å². The molecule has 0 heterocycles. The standard InChI is InChI=1S/C27H46O4.C23H40O5.C8H19N/c1-5-9-11-13-15-17-19-30-26(8-4)22-24(21-25(28)7-3)23-27(29)31-20-18-16-14-12-10-6-2;1-6-10-11-12-13-27-22(25)14-18(5)15-23(26)28-21(9-4)17-19(7-2)16-20(24)8-3;1-5-6-8(2)7-9(3)4/h7,24H,3-6,9-23H2,1-2H3;8,18-19,21H,3,6-7,9-17H2,1-2,4-5H3;8H,5-7H2,1-4H3/t;18?,19-,21-;/m.0./s1. The zero-order chi connectivity index (χ0) is 51.8. The van der Waals surface area contributed by atoms with Gasteiger partial charge in [-0.05, 0) is 88.4 Å². The summed E-state index contributed by atoms with van der Waals surface area (Å²) in [6, 6.07) is 0. The molecule has 0 saturated carbocycles. The number of unbranched alkanes of at least 4 members (excludes halogenated alkanes) is 13. The van der Waals surface area contributed by atoms with Gasteiger partial charge >= 0.3 is 17.9 Å². The average Bonchev–Trinajstić information content (AvgIpc) is 3.29. The summed E-state index contributed by atoms with van der Waals surface area (Å²) < 4.78 is 22.0. The van der Waals surface area contributed by atoms with E-state index >= 15 is 0 Å². The lowest BCUT2D eigenvalue weighted by atomic mass is 9.92. The van der Waals surface area contributed by atoms with Gasteiger partial charge in [-0.3, -0.25) is 24.0 Å². The van der Waals surface area contributed by atoms with Crippen molar-refractivity contribution >= 4 is 29.5 Å². The largest absolute Gasteiger partial charge is 0.490 e. The first-order chi connectivity index (χ1) is 32.6. The van der Waals surface area contributed by atoms with Crippen LogP contribution in [-0.4, -0.2) is 80.9 Å². The van der Waals surface area contributed by atoms with Crippen LogP contribution < -0.4 is 0 Å². The van der Waals surface area contributed by atoms with E-state index < -0.39 is 0 Å². The van der Waals surface area contributed by atoms with Crippen LogP contribution in [0.15, 0.2) is 43.4 Å². The Bertz CT molecular complexity index is 1340. The highest BCUT2D eigenvalue weighted by atomic mass is 16.5. The number of hydrogen-bond acceptors (Lipinski definition) is 10. The van der Waals surface area contributed by atoms with Crippen molar-refractivity contribution in [2.45, 2.75) is 235 Å². The van der Waals surface area contributed by atoms with Crippen molar-refractivity contribution in [3.63, 3.8) is 0 Å². The molecule has 0 aliphatic carbocycles. The lowest BCUT2D eigenvalue weighted by Crippen LogP contribution is -2.23. The smallest absolute Gasteiger partial charge is 0.306 e. The number of carbonyl (C=O) groups is 5. The molecule has 0 N–H and O–H groups in total. The Balaban J connectivity index is -0.00000105. The van der Waals surface area contributed by atoms with Crippen LogP contribution in [-0.2, 0) is 42.9 Å². The van der Waals surface area contributed by atoms with E-state index in [-0.39, 0.29) is 79.0 Å². The van der Waals surface area contributed by atoms with Crippen molar-refractivity contribution in [2.75, 3.05) is 40.5 Å². The first kappa shape index (κ1) is 68.8. The minimum absolute atomic E-state index is 0.0230. The fourth-order valence-electron chi connectivity index (χ4n) is 7.76. The van der Waals surface area contributed by atoms with Gasteiger partial charge in [-0.15, -0.1) is 0 Å². The van der Waals surface area contributed by atoms with Crippen LogP contribution in [0, 0.1) is 23.7 Å². The fourth-order valence-corrected chi connectivity index (χ4v) is 7.76. The minimum atomic E-state index is -0.292. The summed E-state index contributed by atoms with van der Waals surface area (Å²) in [6.07, 6.45) is 27.5. The van der Waals surface area contributed by atoms with Gasteiger partial charge in [-0.2, -0.15) is 0 Å². The van der Waals surface area contributed by atoms with Crippen molar-refractivity contribution in [1.29, 1.82) is 0 Å². The highest BCUT2D eigenvalue weighted by molar-refractivity contribution is 5.89. The third kappa shape index (κ3) is 47.6. The summed E-state index contributed by atoms with van der Waals surface area (Å²) in [5.41, 5.74) is 2.84. The second-order valence-electron chi connectivity index (χ2n) is 19.2. The number of ketones is 2. The summed E-state index contributed by atoms with van der Waals surface area (Å²) in [4.78, 5) is 62.1. The van der Waals surface area contributed by atoms with Gasteiger partial charge in [-0.25, -0.2) is 0 Å². The molecule has 0 saturated heterocycles. The van der Waals surface area contributed by atoms with Crippen LogP contribution in [0.25, 0.3) is 0 Å². The molecule has 0 fully saturated rings. The third-order valence-corrected chi connectivity index (χ3v) is 11.8. The Morgan fingerprint density at radius 3 is 1.40 bits per heavy atom. The molecule has 3 unspecified atom stereocenters. The molecular weight excluding hydrogens is 855 g/mol. The van der Waals surface area contributed by atoms with Gasteiger partial charge in [0.1, 0.15) is 11.9 Å². The van der Waals surface area contributed by atoms with Crippen LogP contribution >= 0.6 is 0 Å². The molecule has 10 heteroatoms. The molecular formula is C58H105NO9. The summed E-state index contributed by atoms with van der Waals surface area (Å²) in [5, 5.41) is 0. The number of allylic oxidation sites excluding steroid dienone is 3. The molecule has 0 aliphatic rings. The maximum absolute atomic E-state index is 12.3. The number of hydrogen-bond donors (Lipinski definition) is 0. The predicted octanol–water partition coefficient (Wildman–Crippen LogP) is 14.9. The highest BCUT2D eigenvalue weighted by Crippen LogP contribution is 2.23. The monoisotopic (exact) mass is 960 g/mol. The molecule has 68 heavy (non-hydrogen) atoms. The molecule has 0 aromatic rings. The number of ether oxygens (including phenoxy) is 4. The second kappa shape index (κ2) is 49.9. The van der Waals surface area contributed by atoms with E-state index in [1.807, 2.05) is 20.8 Å². The number of rotatable bonds is 43. The maximum atomic E-state index is 12.3. The number of nitrogens with zero attached hydrogens (tertiary/aromatic N) is 1. The molecule has 0 rings (SSSR count). The van der Waals surface area contributed by atoms with Crippen LogP contribution in [0.3, 0.4) is 0 Å². The summed E-state index contributed by atoms with van der Waals surface area (Å²) in [5.74, 6) is 0.525. The first-order valence-corrected chi connectivity index (χ1v) is 27.1. The molecule has 0 aliphatic heterocycles. The van der Waals surface area contributed by atoms with Crippen molar-refractivity contribution in [1.82, 2.24) is 4.90 Å². The van der Waals surface area contributed by atoms with Crippen molar-refractivity contribution in [2.24, 2.45) is 23.7 Å². The lowest BCUT2D eigenvalue weighted by molar-refractivity contribution is -0.152. The van der Waals surface area contributed by atoms with Gasteiger partial charge in [0, 0.05) is 45.1 Å². The molecule has 10 nitrogen and oxygen atoms in total. The van der Waals surface area contributed by atoms with Crippen LogP contribution in [0.1, 0.15) is 229 Å². The van der Waals surface area contributed by atoms with E-state index in [2.05, 4.69) is 79.1 Å². The Labute approximate surface area is 418 Å².